The number of carbonyl (C=O) groups is 1. The summed E-state index contributed by atoms with van der Waals surface area (Å²) in [5.74, 6) is 0.844. The van der Waals surface area contributed by atoms with Crippen LogP contribution in [0, 0.1) is 0 Å². The van der Waals surface area contributed by atoms with Gasteiger partial charge in [-0.3, -0.25) is 0 Å². The second-order valence-corrected chi connectivity index (χ2v) is 7.02. The largest absolute Gasteiger partial charge is 0.511 e. The molecule has 1 aliphatic rings. The summed E-state index contributed by atoms with van der Waals surface area (Å²) in [6.07, 6.45) is 1.91. The Balaban J connectivity index is 2.04. The van der Waals surface area contributed by atoms with Crippen LogP contribution in [0.15, 0.2) is 48.5 Å². The molecule has 1 aliphatic heterocycles. The number of carboxylic acid groups (broad SMARTS) is 1. The highest BCUT2D eigenvalue weighted by Crippen LogP contribution is 2.43. The molecule has 5 nitrogen and oxygen atoms in total. The zero-order valence-corrected chi connectivity index (χ0v) is 15.4. The molecule has 0 aliphatic carbocycles. The van der Waals surface area contributed by atoms with Crippen molar-refractivity contribution >= 4 is 34.5 Å². The van der Waals surface area contributed by atoms with E-state index in [1.807, 2.05) is 36.4 Å². The fourth-order valence-corrected chi connectivity index (χ4v) is 3.77. The lowest BCUT2D eigenvalue weighted by Crippen LogP contribution is -2.31. The summed E-state index contributed by atoms with van der Waals surface area (Å²) >= 11 is 6.23. The van der Waals surface area contributed by atoms with E-state index in [-0.39, 0.29) is 5.75 Å². The molecule has 0 unspecified atom stereocenters. The average molecular weight is 383 g/mol. The third-order valence-corrected chi connectivity index (χ3v) is 5.03. The minimum absolute atomic E-state index is 0.269. The molecule has 0 spiro atoms. The number of hydrogen-bond acceptors (Lipinski definition) is 4. The zero-order valence-electron chi connectivity index (χ0n) is 14.7. The van der Waals surface area contributed by atoms with E-state index in [2.05, 4.69) is 4.90 Å². The van der Waals surface area contributed by atoms with Crippen LogP contribution in [0.4, 0.5) is 10.6 Å². The van der Waals surface area contributed by atoms with E-state index in [0.717, 1.165) is 42.4 Å². The van der Waals surface area contributed by atoms with Crippen molar-refractivity contribution in [3.63, 3.8) is 0 Å². The van der Waals surface area contributed by atoms with Gasteiger partial charge in [-0.15, -0.1) is 0 Å². The van der Waals surface area contributed by atoms with Crippen LogP contribution in [-0.2, 0) is 0 Å². The number of nitrogens with zero attached hydrogens (tertiary/aromatic N) is 2. The number of ether oxygens (including phenoxy) is 1. The fraction of sp³-hybridized carbons (Fsp3) is 0.238. The van der Waals surface area contributed by atoms with Gasteiger partial charge in [-0.25, -0.2) is 9.78 Å². The van der Waals surface area contributed by atoms with E-state index >= 15 is 0 Å². The highest BCUT2D eigenvalue weighted by Gasteiger charge is 2.25. The predicted octanol–water partition coefficient (Wildman–Crippen LogP) is 5.60. The summed E-state index contributed by atoms with van der Waals surface area (Å²) in [6, 6.07) is 15.1. The Hall–Kier alpha value is -2.79. The van der Waals surface area contributed by atoms with Crippen molar-refractivity contribution in [2.24, 2.45) is 0 Å². The van der Waals surface area contributed by atoms with Gasteiger partial charge in [0.2, 0.25) is 0 Å². The molecule has 0 atom stereocenters. The van der Waals surface area contributed by atoms with E-state index in [9.17, 15) is 9.90 Å². The Kier molecular flexibility index (Phi) is 4.86. The summed E-state index contributed by atoms with van der Waals surface area (Å²) in [5.41, 5.74) is 2.32. The number of halogens is 1. The predicted molar refractivity (Wildman–Crippen MR) is 107 cm³/mol. The van der Waals surface area contributed by atoms with Crippen molar-refractivity contribution in [2.45, 2.75) is 19.3 Å². The molecule has 1 saturated heterocycles. The Morgan fingerprint density at radius 3 is 2.52 bits per heavy atom. The number of hydrogen-bond donors (Lipinski definition) is 1. The molecule has 138 valence electrons. The molecule has 0 amide bonds. The van der Waals surface area contributed by atoms with Gasteiger partial charge in [-0.05, 0) is 43.0 Å². The Morgan fingerprint density at radius 1 is 1.07 bits per heavy atom. The maximum atomic E-state index is 11.5. The zero-order chi connectivity index (χ0) is 18.8. The van der Waals surface area contributed by atoms with Gasteiger partial charge in [0.25, 0.3) is 0 Å². The standard InChI is InChI=1S/C21H19ClN2O3/c22-15-9-10-17-16(13-15)18(14-7-3-1-4-8-14)19(27-21(25)26)20(23-17)24-11-5-2-6-12-24/h1,3-4,7-10,13H,2,5-6,11-12H2,(H,25,26). The molecule has 0 radical (unpaired) electrons. The smallest absolute Gasteiger partial charge is 0.449 e. The molecule has 6 heteroatoms. The number of pyridine rings is 1. The van der Waals surface area contributed by atoms with Crippen molar-refractivity contribution in [3.8, 4) is 16.9 Å². The molecule has 1 aromatic heterocycles. The highest BCUT2D eigenvalue weighted by atomic mass is 35.5. The van der Waals surface area contributed by atoms with Gasteiger partial charge in [0.05, 0.1) is 5.52 Å². The van der Waals surface area contributed by atoms with Crippen molar-refractivity contribution in [2.75, 3.05) is 18.0 Å². The first-order valence-corrected chi connectivity index (χ1v) is 9.35. The topological polar surface area (TPSA) is 62.7 Å². The van der Waals surface area contributed by atoms with E-state index in [1.165, 1.54) is 6.42 Å². The van der Waals surface area contributed by atoms with Crippen molar-refractivity contribution in [1.29, 1.82) is 0 Å². The minimum Gasteiger partial charge on any atom is -0.449 e. The van der Waals surface area contributed by atoms with Crippen LogP contribution in [0.5, 0.6) is 5.75 Å². The number of aromatic nitrogens is 1. The van der Waals surface area contributed by atoms with Crippen LogP contribution >= 0.6 is 11.6 Å². The maximum absolute atomic E-state index is 11.5. The van der Waals surface area contributed by atoms with E-state index in [1.54, 1.807) is 12.1 Å². The van der Waals surface area contributed by atoms with Crippen LogP contribution in [0.3, 0.4) is 0 Å². The lowest BCUT2D eigenvalue weighted by Gasteiger charge is -2.30. The van der Waals surface area contributed by atoms with Gasteiger partial charge in [0.15, 0.2) is 11.6 Å². The van der Waals surface area contributed by atoms with Gasteiger partial charge in [-0.2, -0.15) is 0 Å². The van der Waals surface area contributed by atoms with Crippen LogP contribution < -0.4 is 9.64 Å². The van der Waals surface area contributed by atoms with Crippen LogP contribution in [0.25, 0.3) is 22.0 Å². The van der Waals surface area contributed by atoms with E-state index < -0.39 is 6.16 Å². The molecule has 0 bridgehead atoms. The first-order chi connectivity index (χ1) is 13.1. The van der Waals surface area contributed by atoms with Crippen LogP contribution in [0.1, 0.15) is 19.3 Å². The van der Waals surface area contributed by atoms with Gasteiger partial charge >= 0.3 is 6.16 Å². The monoisotopic (exact) mass is 382 g/mol. The molecule has 2 heterocycles. The number of fused-ring (bicyclic) bond motifs is 1. The van der Waals surface area contributed by atoms with Crippen molar-refractivity contribution < 1.29 is 14.6 Å². The summed E-state index contributed by atoms with van der Waals surface area (Å²) < 4.78 is 5.30. The van der Waals surface area contributed by atoms with Gasteiger partial charge < -0.3 is 14.7 Å². The summed E-state index contributed by atoms with van der Waals surface area (Å²) in [5, 5.41) is 10.7. The third-order valence-electron chi connectivity index (χ3n) is 4.79. The molecule has 1 fully saturated rings. The first-order valence-electron chi connectivity index (χ1n) is 8.98. The van der Waals surface area contributed by atoms with Gasteiger partial charge in [0, 0.05) is 29.1 Å². The van der Waals surface area contributed by atoms with Crippen LogP contribution in [-0.4, -0.2) is 29.3 Å². The minimum atomic E-state index is -1.35. The van der Waals surface area contributed by atoms with Gasteiger partial charge in [-0.1, -0.05) is 41.9 Å². The highest BCUT2D eigenvalue weighted by molar-refractivity contribution is 6.31. The van der Waals surface area contributed by atoms with Crippen LogP contribution in [0.2, 0.25) is 5.02 Å². The number of rotatable bonds is 3. The van der Waals surface area contributed by atoms with Crippen molar-refractivity contribution in [1.82, 2.24) is 4.98 Å². The summed E-state index contributed by atoms with van der Waals surface area (Å²) in [6.45, 7) is 1.66. The lowest BCUT2D eigenvalue weighted by atomic mass is 9.99. The molecular weight excluding hydrogens is 364 g/mol. The molecule has 27 heavy (non-hydrogen) atoms. The van der Waals surface area contributed by atoms with Crippen molar-refractivity contribution in [3.05, 3.63) is 53.6 Å². The first kappa shape index (κ1) is 17.6. The SMILES string of the molecule is O=C(O)Oc1c(N2CCCCC2)nc2ccc(Cl)cc2c1-c1ccccc1. The second kappa shape index (κ2) is 7.45. The summed E-state index contributed by atoms with van der Waals surface area (Å²) in [7, 11) is 0. The molecule has 2 aromatic carbocycles. The quantitative estimate of drug-likeness (QED) is 0.597. The number of anilines is 1. The Morgan fingerprint density at radius 2 is 1.81 bits per heavy atom. The molecular formula is C21H19ClN2O3. The number of benzene rings is 2. The average Bonchev–Trinajstić information content (AvgIpc) is 2.68. The molecule has 4 rings (SSSR count). The summed E-state index contributed by atoms with van der Waals surface area (Å²) in [4.78, 5) is 18.4. The third kappa shape index (κ3) is 3.55. The second-order valence-electron chi connectivity index (χ2n) is 6.58. The molecule has 0 saturated carbocycles. The maximum Gasteiger partial charge on any atom is 0.511 e. The lowest BCUT2D eigenvalue weighted by molar-refractivity contribution is 0.144. The Bertz CT molecular complexity index is 986. The van der Waals surface area contributed by atoms with E-state index in [0.29, 0.717) is 16.4 Å². The normalized spacial score (nSPS) is 14.3. The molecule has 3 aromatic rings. The molecule has 1 N–H and O–H groups in total. The number of piperidine rings is 1. The van der Waals surface area contributed by atoms with E-state index in [4.69, 9.17) is 21.3 Å². The Labute approximate surface area is 162 Å². The fourth-order valence-electron chi connectivity index (χ4n) is 3.60. The van der Waals surface area contributed by atoms with Gasteiger partial charge in [0.1, 0.15) is 0 Å².